The molecule has 2 nitrogen and oxygen atoms in total. The van der Waals surface area contributed by atoms with Gasteiger partial charge in [0.25, 0.3) is 0 Å². The molecule has 1 amide bonds. The van der Waals surface area contributed by atoms with Crippen LogP contribution in [0.4, 0.5) is 0 Å². The molecule has 0 aromatic rings. The molecule has 0 bridgehead atoms. The third-order valence-electron chi connectivity index (χ3n) is 3.08. The zero-order valence-electron chi connectivity index (χ0n) is 10.4. The molecule has 86 valence electrons. The first kappa shape index (κ1) is 12.3. The third-order valence-corrected chi connectivity index (χ3v) is 3.08. The number of amides is 1. The van der Waals surface area contributed by atoms with Crippen molar-refractivity contribution in [2.45, 2.75) is 52.6 Å². The van der Waals surface area contributed by atoms with E-state index in [0.29, 0.717) is 23.9 Å². The fourth-order valence-corrected chi connectivity index (χ4v) is 2.32. The van der Waals surface area contributed by atoms with E-state index in [-0.39, 0.29) is 5.92 Å². The van der Waals surface area contributed by atoms with Crippen molar-refractivity contribution < 1.29 is 4.79 Å². The lowest BCUT2D eigenvalue weighted by molar-refractivity contribution is -0.136. The van der Waals surface area contributed by atoms with E-state index in [1.54, 1.807) is 0 Å². The van der Waals surface area contributed by atoms with Crippen LogP contribution in [-0.4, -0.2) is 22.9 Å². The Morgan fingerprint density at radius 3 is 2.33 bits per heavy atom. The van der Waals surface area contributed by atoms with E-state index in [0.717, 1.165) is 12.8 Å². The summed E-state index contributed by atoms with van der Waals surface area (Å²) in [5.41, 5.74) is 0. The molecule has 0 radical (unpaired) electrons. The second kappa shape index (κ2) is 4.82. The van der Waals surface area contributed by atoms with Gasteiger partial charge in [-0.25, -0.2) is 0 Å². The molecule has 0 N–H and O–H groups in total. The van der Waals surface area contributed by atoms with E-state index in [1.807, 2.05) is 11.0 Å². The summed E-state index contributed by atoms with van der Waals surface area (Å²) in [6, 6.07) is 0.616. The molecule has 2 atom stereocenters. The number of carbonyl (C=O) groups is 1. The smallest absolute Gasteiger partial charge is 0.226 e. The maximum Gasteiger partial charge on any atom is 0.226 e. The summed E-state index contributed by atoms with van der Waals surface area (Å²) in [5.74, 6) is 1.18. The normalized spacial score (nSPS) is 24.4. The molecule has 0 spiro atoms. The number of hydrogen-bond acceptors (Lipinski definition) is 1. The average Bonchev–Trinajstić information content (AvgIpc) is 2.82. The molecule has 1 fully saturated rings. The van der Waals surface area contributed by atoms with Gasteiger partial charge in [0.15, 0.2) is 0 Å². The molecule has 0 aromatic carbocycles. The SMILES string of the molecule is C=CC[C@@H]1C[C@@H]1C(=O)N(C(C)C)C(C)C. The van der Waals surface area contributed by atoms with Crippen molar-refractivity contribution in [3.8, 4) is 0 Å². The van der Waals surface area contributed by atoms with E-state index in [1.165, 1.54) is 0 Å². The van der Waals surface area contributed by atoms with Crippen molar-refractivity contribution in [3.63, 3.8) is 0 Å². The highest BCUT2D eigenvalue weighted by Crippen LogP contribution is 2.43. The molecule has 1 saturated carbocycles. The van der Waals surface area contributed by atoms with Gasteiger partial charge >= 0.3 is 0 Å². The zero-order chi connectivity index (χ0) is 11.6. The van der Waals surface area contributed by atoms with Crippen LogP contribution < -0.4 is 0 Å². The van der Waals surface area contributed by atoms with Crippen LogP contribution in [0, 0.1) is 11.8 Å². The van der Waals surface area contributed by atoms with Gasteiger partial charge in [0.1, 0.15) is 0 Å². The summed E-state index contributed by atoms with van der Waals surface area (Å²) < 4.78 is 0. The van der Waals surface area contributed by atoms with E-state index < -0.39 is 0 Å². The van der Waals surface area contributed by atoms with Gasteiger partial charge in [-0.15, -0.1) is 6.58 Å². The lowest BCUT2D eigenvalue weighted by atomic mass is 10.1. The van der Waals surface area contributed by atoms with Gasteiger partial charge in [-0.1, -0.05) is 6.08 Å². The molecule has 1 rings (SSSR count). The van der Waals surface area contributed by atoms with Crippen molar-refractivity contribution in [2.75, 3.05) is 0 Å². The van der Waals surface area contributed by atoms with Crippen molar-refractivity contribution in [3.05, 3.63) is 12.7 Å². The van der Waals surface area contributed by atoms with Gasteiger partial charge in [-0.3, -0.25) is 4.79 Å². The lowest BCUT2D eigenvalue weighted by Crippen LogP contribution is -2.43. The maximum atomic E-state index is 12.2. The molecule has 1 aliphatic carbocycles. The predicted molar refractivity (Wildman–Crippen MR) is 63.5 cm³/mol. The quantitative estimate of drug-likeness (QED) is 0.638. The Labute approximate surface area is 93.3 Å². The van der Waals surface area contributed by atoms with Crippen molar-refractivity contribution in [2.24, 2.45) is 11.8 Å². The third kappa shape index (κ3) is 2.83. The van der Waals surface area contributed by atoms with Crippen LogP contribution in [-0.2, 0) is 4.79 Å². The monoisotopic (exact) mass is 209 g/mol. The summed E-state index contributed by atoms with van der Waals surface area (Å²) in [5, 5.41) is 0. The van der Waals surface area contributed by atoms with Crippen LogP contribution in [0.25, 0.3) is 0 Å². The molecule has 0 aliphatic heterocycles. The van der Waals surface area contributed by atoms with Crippen LogP contribution in [0.3, 0.4) is 0 Å². The summed E-state index contributed by atoms with van der Waals surface area (Å²) in [6.45, 7) is 12.1. The number of hydrogen-bond donors (Lipinski definition) is 0. The Morgan fingerprint density at radius 1 is 1.40 bits per heavy atom. The Morgan fingerprint density at radius 2 is 1.93 bits per heavy atom. The van der Waals surface area contributed by atoms with E-state index in [9.17, 15) is 4.79 Å². The molecule has 0 heterocycles. The Hall–Kier alpha value is -0.790. The topological polar surface area (TPSA) is 20.3 Å². The molecular formula is C13H23NO. The Kier molecular flexibility index (Phi) is 3.95. The van der Waals surface area contributed by atoms with Gasteiger partial charge in [-0.2, -0.15) is 0 Å². The lowest BCUT2D eigenvalue weighted by Gasteiger charge is -2.31. The molecule has 2 heteroatoms. The van der Waals surface area contributed by atoms with E-state index in [2.05, 4.69) is 34.3 Å². The van der Waals surface area contributed by atoms with Crippen molar-refractivity contribution in [1.29, 1.82) is 0 Å². The highest BCUT2D eigenvalue weighted by atomic mass is 16.2. The van der Waals surface area contributed by atoms with Gasteiger partial charge < -0.3 is 4.90 Å². The maximum absolute atomic E-state index is 12.2. The minimum Gasteiger partial charge on any atom is -0.338 e. The fraction of sp³-hybridized carbons (Fsp3) is 0.769. The standard InChI is InChI=1S/C13H23NO/c1-6-7-11-8-12(11)13(15)14(9(2)3)10(4)5/h6,9-12H,1,7-8H2,2-5H3/t11-,12+/m1/s1. The Bertz CT molecular complexity index is 237. The van der Waals surface area contributed by atoms with Crippen molar-refractivity contribution >= 4 is 5.91 Å². The molecular weight excluding hydrogens is 186 g/mol. The number of allylic oxidation sites excluding steroid dienone is 1. The largest absolute Gasteiger partial charge is 0.338 e. The minimum atomic E-state index is 0.271. The van der Waals surface area contributed by atoms with Crippen LogP contribution in [0.15, 0.2) is 12.7 Å². The summed E-state index contributed by atoms with van der Waals surface area (Å²) in [7, 11) is 0. The molecule has 15 heavy (non-hydrogen) atoms. The minimum absolute atomic E-state index is 0.271. The van der Waals surface area contributed by atoms with Crippen LogP contribution in [0.1, 0.15) is 40.5 Å². The van der Waals surface area contributed by atoms with Crippen LogP contribution in [0.5, 0.6) is 0 Å². The second-order valence-corrected chi connectivity index (χ2v) is 5.06. The van der Waals surface area contributed by atoms with Gasteiger partial charge in [0.05, 0.1) is 0 Å². The number of nitrogens with zero attached hydrogens (tertiary/aromatic N) is 1. The van der Waals surface area contributed by atoms with Gasteiger partial charge in [0, 0.05) is 18.0 Å². The molecule has 1 aliphatic rings. The zero-order valence-corrected chi connectivity index (χ0v) is 10.4. The highest BCUT2D eigenvalue weighted by molar-refractivity contribution is 5.82. The van der Waals surface area contributed by atoms with Gasteiger partial charge in [0.2, 0.25) is 5.91 Å². The fourth-order valence-electron chi connectivity index (χ4n) is 2.32. The van der Waals surface area contributed by atoms with Crippen LogP contribution in [0.2, 0.25) is 0 Å². The number of rotatable bonds is 5. The first-order valence-corrected chi connectivity index (χ1v) is 5.92. The molecule has 0 saturated heterocycles. The number of carbonyl (C=O) groups excluding carboxylic acids is 1. The predicted octanol–water partition coefficient (Wildman–Crippen LogP) is 2.84. The van der Waals surface area contributed by atoms with E-state index >= 15 is 0 Å². The highest BCUT2D eigenvalue weighted by Gasteiger charge is 2.44. The summed E-state index contributed by atoms with van der Waals surface area (Å²) in [4.78, 5) is 14.2. The average molecular weight is 209 g/mol. The van der Waals surface area contributed by atoms with Gasteiger partial charge in [-0.05, 0) is 46.5 Å². The molecule has 0 aromatic heterocycles. The molecule has 0 unspecified atom stereocenters. The van der Waals surface area contributed by atoms with E-state index in [4.69, 9.17) is 0 Å². The first-order valence-electron chi connectivity index (χ1n) is 5.92. The van der Waals surface area contributed by atoms with Crippen LogP contribution >= 0.6 is 0 Å². The second-order valence-electron chi connectivity index (χ2n) is 5.06. The first-order chi connectivity index (χ1) is 6.99. The summed E-state index contributed by atoms with van der Waals surface area (Å²) in [6.07, 6.45) is 3.97. The van der Waals surface area contributed by atoms with Crippen molar-refractivity contribution in [1.82, 2.24) is 4.90 Å². The Balaban J connectivity index is 2.55. The summed E-state index contributed by atoms with van der Waals surface area (Å²) >= 11 is 0.